The minimum absolute atomic E-state index is 0.0593. The summed E-state index contributed by atoms with van der Waals surface area (Å²) in [5.74, 6) is 1.34. The Labute approximate surface area is 149 Å². The van der Waals surface area contributed by atoms with E-state index in [0.717, 1.165) is 41.8 Å². The van der Waals surface area contributed by atoms with Crippen LogP contribution in [-0.2, 0) is 17.6 Å². The predicted octanol–water partition coefficient (Wildman–Crippen LogP) is 3.16. The van der Waals surface area contributed by atoms with E-state index in [1.807, 2.05) is 6.92 Å². The van der Waals surface area contributed by atoms with Gasteiger partial charge in [0, 0.05) is 10.9 Å². The molecule has 2 atom stereocenters. The third-order valence-electron chi connectivity index (χ3n) is 4.74. The molecule has 2 heterocycles. The zero-order valence-corrected chi connectivity index (χ0v) is 15.6. The molecule has 0 radical (unpaired) electrons. The highest BCUT2D eigenvalue weighted by Crippen LogP contribution is 2.40. The maximum Gasteiger partial charge on any atom is 0.233 e. The highest BCUT2D eigenvalue weighted by atomic mass is 32.2. The number of anilines is 1. The van der Waals surface area contributed by atoms with E-state index in [0.29, 0.717) is 17.0 Å². The summed E-state index contributed by atoms with van der Waals surface area (Å²) in [4.78, 5) is 23.7. The van der Waals surface area contributed by atoms with E-state index in [9.17, 15) is 4.79 Å². The lowest BCUT2D eigenvalue weighted by atomic mass is 9.89. The molecular formula is C17H22N4OS2. The number of amides is 1. The van der Waals surface area contributed by atoms with Gasteiger partial charge in [0.1, 0.15) is 10.6 Å². The van der Waals surface area contributed by atoms with Crippen LogP contribution in [0.1, 0.15) is 43.6 Å². The van der Waals surface area contributed by atoms with Gasteiger partial charge < -0.3 is 11.1 Å². The van der Waals surface area contributed by atoms with Gasteiger partial charge in [0.15, 0.2) is 5.16 Å². The fourth-order valence-electron chi connectivity index (χ4n) is 3.16. The zero-order chi connectivity index (χ0) is 16.8. The topological polar surface area (TPSA) is 80.9 Å². The highest BCUT2D eigenvalue weighted by Gasteiger charge is 2.27. The molecular weight excluding hydrogens is 340 g/mol. The molecule has 2 unspecified atom stereocenters. The third-order valence-corrected chi connectivity index (χ3v) is 6.85. The lowest BCUT2D eigenvalue weighted by molar-refractivity contribution is -0.120. The maximum atomic E-state index is 12.1. The predicted molar refractivity (Wildman–Crippen MR) is 99.5 cm³/mol. The van der Waals surface area contributed by atoms with Gasteiger partial charge in [0.25, 0.3) is 0 Å². The largest absolute Gasteiger partial charge is 0.383 e. The molecule has 7 heteroatoms. The number of rotatable bonds is 4. The molecule has 3 N–H and O–H groups in total. The standard InChI is InChI=1S/C17H22N4OS2/c1-8-3-6-11-12(7-8)24-16-13(11)14(18)20-17(21-16)23-9(2)15(22)19-10-4-5-10/h8-10H,3-7H2,1-2H3,(H,19,22)(H2,18,20,21). The molecule has 2 aromatic heterocycles. The fourth-order valence-corrected chi connectivity index (χ4v) is 5.40. The zero-order valence-electron chi connectivity index (χ0n) is 14.0. The van der Waals surface area contributed by atoms with E-state index in [2.05, 4.69) is 17.2 Å². The Morgan fingerprint density at radius 2 is 2.17 bits per heavy atom. The molecule has 0 saturated heterocycles. The van der Waals surface area contributed by atoms with E-state index in [4.69, 9.17) is 10.7 Å². The summed E-state index contributed by atoms with van der Waals surface area (Å²) < 4.78 is 0. The fraction of sp³-hybridized carbons (Fsp3) is 0.588. The molecule has 1 amide bonds. The van der Waals surface area contributed by atoms with E-state index in [1.54, 1.807) is 11.3 Å². The second-order valence-electron chi connectivity index (χ2n) is 6.97. The number of carbonyl (C=O) groups is 1. The number of thioether (sulfide) groups is 1. The molecule has 0 aliphatic heterocycles. The first-order valence-electron chi connectivity index (χ1n) is 8.56. The smallest absolute Gasteiger partial charge is 0.233 e. The third kappa shape index (κ3) is 3.11. The van der Waals surface area contributed by atoms with E-state index in [-0.39, 0.29) is 11.2 Å². The van der Waals surface area contributed by atoms with Crippen molar-refractivity contribution in [3.8, 4) is 0 Å². The molecule has 2 aromatic rings. The van der Waals surface area contributed by atoms with E-state index < -0.39 is 0 Å². The van der Waals surface area contributed by atoms with Crippen LogP contribution in [0.15, 0.2) is 5.16 Å². The lowest BCUT2D eigenvalue weighted by Crippen LogP contribution is -2.32. The second kappa shape index (κ2) is 6.19. The Kier molecular flexibility index (Phi) is 4.16. The van der Waals surface area contributed by atoms with Gasteiger partial charge in [-0.2, -0.15) is 0 Å². The first-order valence-corrected chi connectivity index (χ1v) is 10.3. The summed E-state index contributed by atoms with van der Waals surface area (Å²) in [6.07, 6.45) is 5.57. The summed E-state index contributed by atoms with van der Waals surface area (Å²) in [5.41, 5.74) is 7.59. The molecule has 5 nitrogen and oxygen atoms in total. The number of carbonyl (C=O) groups excluding carboxylic acids is 1. The van der Waals surface area contributed by atoms with Crippen LogP contribution >= 0.6 is 23.1 Å². The lowest BCUT2D eigenvalue weighted by Gasteiger charge is -2.17. The van der Waals surface area contributed by atoms with Crippen LogP contribution < -0.4 is 11.1 Å². The van der Waals surface area contributed by atoms with Crippen molar-refractivity contribution in [3.05, 3.63) is 10.4 Å². The van der Waals surface area contributed by atoms with Crippen molar-refractivity contribution in [1.82, 2.24) is 15.3 Å². The van der Waals surface area contributed by atoms with Crippen molar-refractivity contribution in [2.24, 2.45) is 5.92 Å². The van der Waals surface area contributed by atoms with Gasteiger partial charge in [-0.15, -0.1) is 11.3 Å². The number of hydrogen-bond donors (Lipinski definition) is 2. The number of aromatic nitrogens is 2. The quantitative estimate of drug-likeness (QED) is 0.645. The van der Waals surface area contributed by atoms with Gasteiger partial charge in [-0.1, -0.05) is 18.7 Å². The van der Waals surface area contributed by atoms with Crippen molar-refractivity contribution in [2.45, 2.75) is 62.4 Å². The van der Waals surface area contributed by atoms with Crippen molar-refractivity contribution in [3.63, 3.8) is 0 Å². The molecule has 1 saturated carbocycles. The van der Waals surface area contributed by atoms with E-state index >= 15 is 0 Å². The Balaban J connectivity index is 1.59. The molecule has 2 aliphatic rings. The summed E-state index contributed by atoms with van der Waals surface area (Å²) in [7, 11) is 0. The van der Waals surface area contributed by atoms with Crippen molar-refractivity contribution in [1.29, 1.82) is 0 Å². The van der Waals surface area contributed by atoms with Gasteiger partial charge in [-0.05, 0) is 50.5 Å². The molecule has 128 valence electrons. The molecule has 24 heavy (non-hydrogen) atoms. The molecule has 0 aromatic carbocycles. The highest BCUT2D eigenvalue weighted by molar-refractivity contribution is 8.00. The number of thiophene rings is 1. The van der Waals surface area contributed by atoms with Gasteiger partial charge in [0.05, 0.1) is 10.6 Å². The molecule has 2 aliphatic carbocycles. The van der Waals surface area contributed by atoms with Crippen LogP contribution in [0.3, 0.4) is 0 Å². The first-order chi connectivity index (χ1) is 11.5. The number of aryl methyl sites for hydroxylation is 1. The van der Waals surface area contributed by atoms with Crippen molar-refractivity contribution in [2.75, 3.05) is 5.73 Å². The van der Waals surface area contributed by atoms with Crippen molar-refractivity contribution >= 4 is 45.0 Å². The Morgan fingerprint density at radius 3 is 2.92 bits per heavy atom. The number of nitrogens with zero attached hydrogens (tertiary/aromatic N) is 2. The summed E-state index contributed by atoms with van der Waals surface area (Å²) in [6.45, 7) is 4.19. The minimum atomic E-state index is -0.211. The van der Waals surface area contributed by atoms with Crippen LogP contribution in [-0.4, -0.2) is 27.2 Å². The van der Waals surface area contributed by atoms with E-state index in [1.165, 1.54) is 28.6 Å². The maximum absolute atomic E-state index is 12.1. The number of nitrogens with one attached hydrogen (secondary N) is 1. The summed E-state index contributed by atoms with van der Waals surface area (Å²) >= 11 is 3.13. The first kappa shape index (κ1) is 16.1. The normalized spacial score (nSPS) is 21.5. The SMILES string of the molecule is CC1CCc2c(sc3nc(SC(C)C(=O)NC4CC4)nc(N)c23)C1. The Bertz CT molecular complexity index is 799. The molecule has 1 fully saturated rings. The average molecular weight is 363 g/mol. The number of nitrogen functional groups attached to an aromatic ring is 1. The van der Waals surface area contributed by atoms with Crippen LogP contribution in [0.2, 0.25) is 0 Å². The Hall–Kier alpha value is -1.34. The summed E-state index contributed by atoms with van der Waals surface area (Å²) in [5, 5.41) is 4.46. The van der Waals surface area contributed by atoms with Gasteiger partial charge in [-0.3, -0.25) is 4.79 Å². The monoisotopic (exact) mass is 362 g/mol. The molecule has 4 rings (SSSR count). The van der Waals surface area contributed by atoms with Crippen molar-refractivity contribution < 1.29 is 4.79 Å². The number of fused-ring (bicyclic) bond motifs is 3. The van der Waals surface area contributed by atoms with Crippen LogP contribution in [0, 0.1) is 5.92 Å². The molecule has 0 spiro atoms. The molecule has 0 bridgehead atoms. The summed E-state index contributed by atoms with van der Waals surface area (Å²) in [6, 6.07) is 0.375. The van der Waals surface area contributed by atoms with Gasteiger partial charge in [-0.25, -0.2) is 9.97 Å². The average Bonchev–Trinajstić information content (AvgIpc) is 3.25. The Morgan fingerprint density at radius 1 is 1.38 bits per heavy atom. The van der Waals surface area contributed by atoms with Crippen LogP contribution in [0.5, 0.6) is 0 Å². The number of nitrogens with two attached hydrogens (primary N) is 1. The van der Waals surface area contributed by atoms with Gasteiger partial charge in [0.2, 0.25) is 5.91 Å². The minimum Gasteiger partial charge on any atom is -0.383 e. The van der Waals surface area contributed by atoms with Gasteiger partial charge >= 0.3 is 0 Å². The van der Waals surface area contributed by atoms with Crippen LogP contribution in [0.4, 0.5) is 5.82 Å². The van der Waals surface area contributed by atoms with Crippen LogP contribution in [0.25, 0.3) is 10.2 Å². The second-order valence-corrected chi connectivity index (χ2v) is 9.36. The number of hydrogen-bond acceptors (Lipinski definition) is 6.